The lowest BCUT2D eigenvalue weighted by Crippen LogP contribution is -2.01. The summed E-state index contributed by atoms with van der Waals surface area (Å²) in [5.74, 6) is 0.765. The molecule has 0 aliphatic rings. The van der Waals surface area contributed by atoms with Crippen LogP contribution in [0.5, 0.6) is 0 Å². The Morgan fingerprint density at radius 1 is 1.40 bits per heavy atom. The molecule has 0 atom stereocenters. The fourth-order valence-electron chi connectivity index (χ4n) is 1.87. The molecular formula is C15H17N3OS. The summed E-state index contributed by atoms with van der Waals surface area (Å²) in [6.07, 6.45) is 3.40. The summed E-state index contributed by atoms with van der Waals surface area (Å²) < 4.78 is 2.68. The first kappa shape index (κ1) is 14.4. The van der Waals surface area contributed by atoms with Crippen molar-refractivity contribution < 1.29 is 4.74 Å². The minimum atomic E-state index is 0.765. The lowest BCUT2D eigenvalue weighted by molar-refractivity contribution is -0.416. The second-order valence-corrected chi connectivity index (χ2v) is 5.34. The third kappa shape index (κ3) is 3.11. The van der Waals surface area contributed by atoms with Crippen molar-refractivity contribution in [2.45, 2.75) is 11.9 Å². The van der Waals surface area contributed by atoms with Crippen molar-refractivity contribution in [3.05, 3.63) is 59.5 Å². The second kappa shape index (κ2) is 6.43. The van der Waals surface area contributed by atoms with Crippen LogP contribution in [-0.4, -0.2) is 33.5 Å². The molecule has 20 heavy (non-hydrogen) atoms. The summed E-state index contributed by atoms with van der Waals surface area (Å²) >= 11 is 1.62. The van der Waals surface area contributed by atoms with Crippen LogP contribution in [0.3, 0.4) is 0 Å². The molecule has 0 saturated carbocycles. The molecule has 2 aromatic rings. The van der Waals surface area contributed by atoms with Crippen LogP contribution in [0.4, 0.5) is 0 Å². The summed E-state index contributed by atoms with van der Waals surface area (Å²) in [6.45, 7) is 5.65. The number of rotatable bonds is 5. The summed E-state index contributed by atoms with van der Waals surface area (Å²) in [5, 5.41) is 16.8. The van der Waals surface area contributed by atoms with Crippen molar-refractivity contribution in [1.82, 2.24) is 9.78 Å². The van der Waals surface area contributed by atoms with Gasteiger partial charge < -0.3 is 5.21 Å². The average Bonchev–Trinajstić information content (AvgIpc) is 2.74. The lowest BCUT2D eigenvalue weighted by atomic mass is 10.3. The molecule has 0 saturated heterocycles. The van der Waals surface area contributed by atoms with Gasteiger partial charge in [0, 0.05) is 5.75 Å². The SMILES string of the molecule is C=CCSc1c(/C=[N+](\C)[O-])c(C)nn1-c1ccccc1. The highest BCUT2D eigenvalue weighted by Gasteiger charge is 2.17. The number of hydroxylamine groups is 1. The Hall–Kier alpha value is -2.01. The van der Waals surface area contributed by atoms with Gasteiger partial charge in [-0.3, -0.25) is 0 Å². The van der Waals surface area contributed by atoms with Crippen molar-refractivity contribution in [2.75, 3.05) is 12.8 Å². The zero-order valence-electron chi connectivity index (χ0n) is 11.6. The summed E-state index contributed by atoms with van der Waals surface area (Å²) in [5.41, 5.74) is 2.68. The van der Waals surface area contributed by atoms with Crippen LogP contribution in [0.15, 0.2) is 48.0 Å². The van der Waals surface area contributed by atoms with Crippen LogP contribution in [0.1, 0.15) is 11.3 Å². The number of para-hydroxylation sites is 1. The van der Waals surface area contributed by atoms with Gasteiger partial charge in [0.2, 0.25) is 0 Å². The molecule has 0 radical (unpaired) electrons. The van der Waals surface area contributed by atoms with Crippen molar-refractivity contribution in [1.29, 1.82) is 0 Å². The van der Waals surface area contributed by atoms with E-state index in [0.717, 1.165) is 32.5 Å². The fraction of sp³-hybridized carbons (Fsp3) is 0.200. The third-order valence-corrected chi connectivity index (χ3v) is 3.78. The molecule has 4 nitrogen and oxygen atoms in total. The van der Waals surface area contributed by atoms with Gasteiger partial charge in [-0.2, -0.15) is 5.10 Å². The van der Waals surface area contributed by atoms with Crippen LogP contribution >= 0.6 is 11.8 Å². The van der Waals surface area contributed by atoms with Gasteiger partial charge in [0.1, 0.15) is 12.1 Å². The van der Waals surface area contributed by atoms with Crippen LogP contribution in [0.25, 0.3) is 5.69 Å². The standard InChI is InChI=1S/C15H17N3OS/c1-4-10-20-15-14(11-17(3)19)12(2)16-18(15)13-8-6-5-7-9-13/h4-9,11H,1,10H2,2-3H3/b17-11+. The van der Waals surface area contributed by atoms with Crippen molar-refractivity contribution >= 4 is 18.0 Å². The predicted molar refractivity (Wildman–Crippen MR) is 83.9 cm³/mol. The maximum Gasteiger partial charge on any atom is 0.186 e. The number of benzene rings is 1. The highest BCUT2D eigenvalue weighted by Crippen LogP contribution is 2.27. The van der Waals surface area contributed by atoms with Gasteiger partial charge in [-0.25, -0.2) is 9.42 Å². The number of thioether (sulfide) groups is 1. The second-order valence-electron chi connectivity index (χ2n) is 4.33. The Bertz CT molecular complexity index is 628. The zero-order valence-corrected chi connectivity index (χ0v) is 12.4. The van der Waals surface area contributed by atoms with E-state index in [1.165, 1.54) is 7.05 Å². The largest absolute Gasteiger partial charge is 0.624 e. The number of aryl methyl sites for hydroxylation is 1. The minimum absolute atomic E-state index is 0.765. The van der Waals surface area contributed by atoms with E-state index in [1.54, 1.807) is 18.0 Å². The number of nitrogens with zero attached hydrogens (tertiary/aromatic N) is 3. The quantitative estimate of drug-likeness (QED) is 0.212. The molecule has 0 spiro atoms. The van der Waals surface area contributed by atoms with Gasteiger partial charge in [0.15, 0.2) is 6.21 Å². The fourth-order valence-corrected chi connectivity index (χ4v) is 2.77. The number of hydrogen-bond donors (Lipinski definition) is 0. The molecule has 0 N–H and O–H groups in total. The van der Waals surface area contributed by atoms with Gasteiger partial charge in [0.05, 0.1) is 16.9 Å². The molecule has 1 aromatic carbocycles. The molecule has 0 aliphatic heterocycles. The van der Waals surface area contributed by atoms with E-state index < -0.39 is 0 Å². The van der Waals surface area contributed by atoms with E-state index in [4.69, 9.17) is 0 Å². The van der Waals surface area contributed by atoms with Gasteiger partial charge in [-0.15, -0.1) is 18.3 Å². The highest BCUT2D eigenvalue weighted by molar-refractivity contribution is 7.99. The number of hydrogen-bond acceptors (Lipinski definition) is 3. The maximum atomic E-state index is 11.3. The number of aromatic nitrogens is 2. The average molecular weight is 287 g/mol. The molecule has 0 unspecified atom stereocenters. The van der Waals surface area contributed by atoms with Gasteiger partial charge in [-0.05, 0) is 19.1 Å². The van der Waals surface area contributed by atoms with E-state index in [2.05, 4.69) is 11.7 Å². The minimum Gasteiger partial charge on any atom is -0.624 e. The topological polar surface area (TPSA) is 43.9 Å². The van der Waals surface area contributed by atoms with Gasteiger partial charge in [-0.1, -0.05) is 24.3 Å². The molecule has 0 fully saturated rings. The van der Waals surface area contributed by atoms with Crippen LogP contribution in [-0.2, 0) is 0 Å². The molecule has 2 rings (SSSR count). The lowest BCUT2D eigenvalue weighted by Gasteiger charge is -2.06. The molecule has 1 heterocycles. The molecule has 1 aromatic heterocycles. The molecular weight excluding hydrogens is 270 g/mol. The Labute approximate surface area is 123 Å². The maximum absolute atomic E-state index is 11.3. The highest BCUT2D eigenvalue weighted by atomic mass is 32.2. The smallest absolute Gasteiger partial charge is 0.186 e. The first-order valence-corrected chi connectivity index (χ1v) is 7.25. The van der Waals surface area contributed by atoms with Gasteiger partial charge in [0.25, 0.3) is 0 Å². The molecule has 5 heteroatoms. The van der Waals surface area contributed by atoms with Crippen molar-refractivity contribution in [3.63, 3.8) is 0 Å². The van der Waals surface area contributed by atoms with E-state index >= 15 is 0 Å². The van der Waals surface area contributed by atoms with E-state index in [1.807, 2.05) is 48.0 Å². The Morgan fingerprint density at radius 3 is 2.70 bits per heavy atom. The Morgan fingerprint density at radius 2 is 2.10 bits per heavy atom. The van der Waals surface area contributed by atoms with Gasteiger partial charge >= 0.3 is 0 Å². The molecule has 104 valence electrons. The zero-order chi connectivity index (χ0) is 14.5. The normalized spacial score (nSPS) is 11.6. The summed E-state index contributed by atoms with van der Waals surface area (Å²) in [4.78, 5) is 0. The van der Waals surface area contributed by atoms with E-state index in [0.29, 0.717) is 0 Å². The predicted octanol–water partition coefficient (Wildman–Crippen LogP) is 3.02. The third-order valence-electron chi connectivity index (χ3n) is 2.71. The van der Waals surface area contributed by atoms with Crippen molar-refractivity contribution in [3.8, 4) is 5.69 Å². The molecule has 0 bridgehead atoms. The Balaban J connectivity index is 2.57. The monoisotopic (exact) mass is 287 g/mol. The van der Waals surface area contributed by atoms with Crippen LogP contribution in [0, 0.1) is 12.1 Å². The molecule has 0 aliphatic carbocycles. The summed E-state index contributed by atoms with van der Waals surface area (Å²) in [7, 11) is 1.47. The van der Waals surface area contributed by atoms with E-state index in [9.17, 15) is 5.21 Å². The van der Waals surface area contributed by atoms with Crippen LogP contribution in [0.2, 0.25) is 0 Å². The van der Waals surface area contributed by atoms with Crippen LogP contribution < -0.4 is 0 Å². The van der Waals surface area contributed by atoms with E-state index in [-0.39, 0.29) is 0 Å². The summed E-state index contributed by atoms with van der Waals surface area (Å²) in [6, 6.07) is 9.90. The first-order chi connectivity index (χ1) is 9.63. The molecule has 0 amide bonds. The first-order valence-electron chi connectivity index (χ1n) is 6.27. The van der Waals surface area contributed by atoms with Crippen molar-refractivity contribution in [2.24, 2.45) is 0 Å². The Kier molecular flexibility index (Phi) is 4.63.